The Kier molecular flexibility index (Phi) is 5.43. The molecule has 20 heavy (non-hydrogen) atoms. The molecule has 5 heteroatoms. The second kappa shape index (κ2) is 6.84. The first-order valence-electron chi connectivity index (χ1n) is 6.30. The SMILES string of the molecule is CCOC(=O)C(C)(C)C(=O)COc1cccc(C=O)c1. The van der Waals surface area contributed by atoms with Crippen molar-refractivity contribution in [2.45, 2.75) is 20.8 Å². The normalized spacial score (nSPS) is 10.8. The molecule has 0 radical (unpaired) electrons. The minimum Gasteiger partial charge on any atom is -0.486 e. The summed E-state index contributed by atoms with van der Waals surface area (Å²) in [5.74, 6) is -0.551. The van der Waals surface area contributed by atoms with E-state index < -0.39 is 11.4 Å². The van der Waals surface area contributed by atoms with Gasteiger partial charge >= 0.3 is 5.97 Å². The number of hydrogen-bond donors (Lipinski definition) is 0. The van der Waals surface area contributed by atoms with Crippen molar-refractivity contribution in [2.24, 2.45) is 5.41 Å². The van der Waals surface area contributed by atoms with Crippen LogP contribution in [0.25, 0.3) is 0 Å². The van der Waals surface area contributed by atoms with Gasteiger partial charge in [0.05, 0.1) is 6.61 Å². The highest BCUT2D eigenvalue weighted by Gasteiger charge is 2.37. The summed E-state index contributed by atoms with van der Waals surface area (Å²) in [4.78, 5) is 34.3. The maximum atomic E-state index is 12.0. The van der Waals surface area contributed by atoms with Gasteiger partial charge in [-0.25, -0.2) is 0 Å². The first-order chi connectivity index (χ1) is 9.41. The number of rotatable bonds is 7. The van der Waals surface area contributed by atoms with E-state index in [1.165, 1.54) is 19.9 Å². The van der Waals surface area contributed by atoms with E-state index in [4.69, 9.17) is 9.47 Å². The summed E-state index contributed by atoms with van der Waals surface area (Å²) in [7, 11) is 0. The molecule has 0 aliphatic carbocycles. The number of benzene rings is 1. The van der Waals surface area contributed by atoms with E-state index >= 15 is 0 Å². The lowest BCUT2D eigenvalue weighted by Gasteiger charge is -2.20. The largest absolute Gasteiger partial charge is 0.486 e. The maximum absolute atomic E-state index is 12.0. The first-order valence-corrected chi connectivity index (χ1v) is 6.30. The van der Waals surface area contributed by atoms with Crippen LogP contribution in [0.5, 0.6) is 5.75 Å². The second-order valence-corrected chi connectivity index (χ2v) is 4.75. The van der Waals surface area contributed by atoms with Gasteiger partial charge < -0.3 is 9.47 Å². The third-order valence-corrected chi connectivity index (χ3v) is 2.85. The molecular formula is C15H18O5. The van der Waals surface area contributed by atoms with Crippen molar-refractivity contribution in [3.63, 3.8) is 0 Å². The van der Waals surface area contributed by atoms with Crippen LogP contribution in [-0.4, -0.2) is 31.3 Å². The number of Topliss-reactive ketones (excluding diaryl/α,β-unsaturated/α-hetero) is 1. The van der Waals surface area contributed by atoms with Crippen molar-refractivity contribution < 1.29 is 23.9 Å². The molecule has 0 aliphatic heterocycles. The third kappa shape index (κ3) is 3.91. The van der Waals surface area contributed by atoms with E-state index in [1.54, 1.807) is 25.1 Å². The van der Waals surface area contributed by atoms with E-state index in [0.29, 0.717) is 17.6 Å². The summed E-state index contributed by atoms with van der Waals surface area (Å²) in [6.45, 7) is 4.64. The number of hydrogen-bond acceptors (Lipinski definition) is 5. The zero-order valence-electron chi connectivity index (χ0n) is 11.8. The monoisotopic (exact) mass is 278 g/mol. The number of aldehydes is 1. The van der Waals surface area contributed by atoms with Gasteiger partial charge in [0.1, 0.15) is 24.1 Å². The first kappa shape index (κ1) is 15.9. The topological polar surface area (TPSA) is 69.7 Å². The smallest absolute Gasteiger partial charge is 0.319 e. The molecule has 0 aromatic heterocycles. The fraction of sp³-hybridized carbons (Fsp3) is 0.400. The number of ether oxygens (including phenoxy) is 2. The molecule has 0 heterocycles. The molecule has 1 rings (SSSR count). The molecule has 0 N–H and O–H groups in total. The summed E-state index contributed by atoms with van der Waals surface area (Å²) in [5, 5.41) is 0. The summed E-state index contributed by atoms with van der Waals surface area (Å²) >= 11 is 0. The summed E-state index contributed by atoms with van der Waals surface area (Å²) in [5.41, 5.74) is -0.794. The van der Waals surface area contributed by atoms with E-state index in [2.05, 4.69) is 0 Å². The Morgan fingerprint density at radius 3 is 2.60 bits per heavy atom. The molecular weight excluding hydrogens is 260 g/mol. The Balaban J connectivity index is 2.66. The predicted molar refractivity (Wildman–Crippen MR) is 72.7 cm³/mol. The average molecular weight is 278 g/mol. The Morgan fingerprint density at radius 2 is 2.00 bits per heavy atom. The van der Waals surface area contributed by atoms with Crippen LogP contribution in [0.2, 0.25) is 0 Å². The van der Waals surface area contributed by atoms with Crippen LogP contribution < -0.4 is 4.74 Å². The van der Waals surface area contributed by atoms with Gasteiger partial charge in [-0.1, -0.05) is 12.1 Å². The van der Waals surface area contributed by atoms with Crippen molar-refractivity contribution in [2.75, 3.05) is 13.2 Å². The van der Waals surface area contributed by atoms with Crippen LogP contribution in [0.4, 0.5) is 0 Å². The molecule has 0 fully saturated rings. The van der Waals surface area contributed by atoms with Gasteiger partial charge in [0, 0.05) is 5.56 Å². The Bertz CT molecular complexity index is 505. The lowest BCUT2D eigenvalue weighted by molar-refractivity contribution is -0.158. The molecule has 1 aromatic rings. The van der Waals surface area contributed by atoms with E-state index in [1.807, 2.05) is 0 Å². The molecule has 0 aliphatic rings. The molecule has 0 unspecified atom stereocenters. The summed E-state index contributed by atoms with van der Waals surface area (Å²) in [6, 6.07) is 6.44. The minimum atomic E-state index is -1.25. The van der Waals surface area contributed by atoms with Crippen LogP contribution in [0.3, 0.4) is 0 Å². The van der Waals surface area contributed by atoms with E-state index in [9.17, 15) is 14.4 Å². The molecule has 0 atom stereocenters. The molecule has 0 saturated heterocycles. The highest BCUT2D eigenvalue weighted by atomic mass is 16.5. The second-order valence-electron chi connectivity index (χ2n) is 4.75. The fourth-order valence-electron chi connectivity index (χ4n) is 1.43. The molecule has 0 spiro atoms. The van der Waals surface area contributed by atoms with Crippen LogP contribution in [0.15, 0.2) is 24.3 Å². The molecule has 108 valence electrons. The zero-order chi connectivity index (χ0) is 15.2. The van der Waals surface area contributed by atoms with Crippen LogP contribution in [-0.2, 0) is 14.3 Å². The lowest BCUT2D eigenvalue weighted by Crippen LogP contribution is -2.38. The summed E-state index contributed by atoms with van der Waals surface area (Å²) < 4.78 is 10.2. The quantitative estimate of drug-likeness (QED) is 0.433. The van der Waals surface area contributed by atoms with Crippen molar-refractivity contribution in [1.82, 2.24) is 0 Å². The molecule has 5 nitrogen and oxygen atoms in total. The Hall–Kier alpha value is -2.17. The Morgan fingerprint density at radius 1 is 1.30 bits per heavy atom. The number of carbonyl (C=O) groups excluding carboxylic acids is 3. The number of esters is 1. The molecule has 0 saturated carbocycles. The van der Waals surface area contributed by atoms with Gasteiger partial charge in [0.2, 0.25) is 0 Å². The molecule has 1 aromatic carbocycles. The van der Waals surface area contributed by atoms with Gasteiger partial charge in [-0.05, 0) is 32.9 Å². The van der Waals surface area contributed by atoms with Gasteiger partial charge in [0.25, 0.3) is 0 Å². The predicted octanol–water partition coefficient (Wildman–Crippen LogP) is 2.04. The standard InChI is InChI=1S/C15H18O5/c1-4-19-14(18)15(2,3)13(17)10-20-12-7-5-6-11(8-12)9-16/h5-9H,4,10H2,1-3H3. The van der Waals surface area contributed by atoms with Crippen molar-refractivity contribution >= 4 is 18.0 Å². The van der Waals surface area contributed by atoms with Crippen molar-refractivity contribution in [1.29, 1.82) is 0 Å². The fourth-order valence-corrected chi connectivity index (χ4v) is 1.43. The lowest BCUT2D eigenvalue weighted by atomic mass is 9.88. The molecule has 0 bridgehead atoms. The highest BCUT2D eigenvalue weighted by molar-refractivity contribution is 6.03. The van der Waals surface area contributed by atoms with E-state index in [-0.39, 0.29) is 19.0 Å². The van der Waals surface area contributed by atoms with Gasteiger partial charge in [-0.2, -0.15) is 0 Å². The van der Waals surface area contributed by atoms with Gasteiger partial charge in [0.15, 0.2) is 5.78 Å². The summed E-state index contributed by atoms with van der Waals surface area (Å²) in [6.07, 6.45) is 0.692. The van der Waals surface area contributed by atoms with Gasteiger partial charge in [-0.3, -0.25) is 14.4 Å². The zero-order valence-corrected chi connectivity index (χ0v) is 11.8. The number of ketones is 1. The van der Waals surface area contributed by atoms with E-state index in [0.717, 1.165) is 0 Å². The maximum Gasteiger partial charge on any atom is 0.319 e. The van der Waals surface area contributed by atoms with Gasteiger partial charge in [-0.15, -0.1) is 0 Å². The van der Waals surface area contributed by atoms with Crippen LogP contribution in [0, 0.1) is 5.41 Å². The molecule has 0 amide bonds. The average Bonchev–Trinajstić information content (AvgIpc) is 2.45. The van der Waals surface area contributed by atoms with Crippen molar-refractivity contribution in [3.8, 4) is 5.75 Å². The van der Waals surface area contributed by atoms with Crippen LogP contribution in [0.1, 0.15) is 31.1 Å². The highest BCUT2D eigenvalue weighted by Crippen LogP contribution is 2.20. The van der Waals surface area contributed by atoms with Crippen LogP contribution >= 0.6 is 0 Å². The van der Waals surface area contributed by atoms with Crippen molar-refractivity contribution in [3.05, 3.63) is 29.8 Å². The third-order valence-electron chi connectivity index (χ3n) is 2.85. The number of carbonyl (C=O) groups is 3. The Labute approximate surface area is 117 Å². The minimum absolute atomic E-state index is 0.220.